The van der Waals surface area contributed by atoms with Gasteiger partial charge in [-0.2, -0.15) is 0 Å². The van der Waals surface area contributed by atoms with E-state index in [4.69, 9.17) is 21.1 Å². The van der Waals surface area contributed by atoms with Crippen LogP contribution in [-0.4, -0.2) is 40.6 Å². The molecule has 7 nitrogen and oxygen atoms in total. The van der Waals surface area contributed by atoms with E-state index in [1.165, 1.54) is 26.0 Å². The summed E-state index contributed by atoms with van der Waals surface area (Å²) in [5.41, 5.74) is 2.57. The molecule has 0 saturated carbocycles. The number of amides is 1. The molecule has 0 bridgehead atoms. The van der Waals surface area contributed by atoms with Gasteiger partial charge < -0.3 is 14.8 Å². The number of carbonyl (C=O) groups excluding carboxylic acids is 1. The SMILES string of the molecule is COc1cc(OC)c(NC(=O)CSc2nncn2-c2ccc(C)cc2)cc1Cl. The van der Waals surface area contributed by atoms with E-state index in [2.05, 4.69) is 15.5 Å². The minimum absolute atomic E-state index is 0.150. The van der Waals surface area contributed by atoms with Crippen molar-refractivity contribution in [1.29, 1.82) is 0 Å². The normalized spacial score (nSPS) is 10.6. The molecule has 1 heterocycles. The third-order valence-electron chi connectivity index (χ3n) is 3.91. The molecule has 1 amide bonds. The summed E-state index contributed by atoms with van der Waals surface area (Å²) in [4.78, 5) is 12.4. The van der Waals surface area contributed by atoms with Crippen LogP contribution in [0.25, 0.3) is 5.69 Å². The quantitative estimate of drug-likeness (QED) is 0.585. The number of anilines is 1. The lowest BCUT2D eigenvalue weighted by Crippen LogP contribution is -2.15. The number of nitrogens with zero attached hydrogens (tertiary/aromatic N) is 3. The van der Waals surface area contributed by atoms with Gasteiger partial charge >= 0.3 is 0 Å². The molecule has 28 heavy (non-hydrogen) atoms. The molecule has 0 radical (unpaired) electrons. The minimum Gasteiger partial charge on any atom is -0.495 e. The van der Waals surface area contributed by atoms with Crippen molar-refractivity contribution >= 4 is 35.0 Å². The minimum atomic E-state index is -0.219. The summed E-state index contributed by atoms with van der Waals surface area (Å²) in [5, 5.41) is 11.9. The highest BCUT2D eigenvalue weighted by Gasteiger charge is 2.14. The van der Waals surface area contributed by atoms with Crippen LogP contribution in [0.5, 0.6) is 11.5 Å². The molecule has 0 spiro atoms. The fraction of sp³-hybridized carbons (Fsp3) is 0.211. The van der Waals surface area contributed by atoms with Gasteiger partial charge in [-0.3, -0.25) is 9.36 Å². The summed E-state index contributed by atoms with van der Waals surface area (Å²) in [5.74, 6) is 0.861. The van der Waals surface area contributed by atoms with Gasteiger partial charge in [0, 0.05) is 11.8 Å². The van der Waals surface area contributed by atoms with Gasteiger partial charge in [0.1, 0.15) is 17.8 Å². The highest BCUT2D eigenvalue weighted by atomic mass is 35.5. The summed E-state index contributed by atoms with van der Waals surface area (Å²) in [6.07, 6.45) is 1.62. The second kappa shape index (κ2) is 8.99. The maximum Gasteiger partial charge on any atom is 0.234 e. The van der Waals surface area contributed by atoms with Crippen LogP contribution in [0.4, 0.5) is 5.69 Å². The number of hydrogen-bond acceptors (Lipinski definition) is 6. The fourth-order valence-electron chi connectivity index (χ4n) is 2.48. The molecule has 146 valence electrons. The van der Waals surface area contributed by atoms with Crippen molar-refractivity contribution < 1.29 is 14.3 Å². The largest absolute Gasteiger partial charge is 0.495 e. The van der Waals surface area contributed by atoms with Gasteiger partial charge in [-0.15, -0.1) is 10.2 Å². The number of nitrogens with one attached hydrogen (secondary N) is 1. The van der Waals surface area contributed by atoms with Crippen LogP contribution in [0.15, 0.2) is 47.9 Å². The summed E-state index contributed by atoms with van der Waals surface area (Å²) >= 11 is 7.43. The Hall–Kier alpha value is -2.71. The molecule has 0 aliphatic heterocycles. The van der Waals surface area contributed by atoms with Gasteiger partial charge in [0.05, 0.1) is 30.7 Å². The van der Waals surface area contributed by atoms with Gasteiger partial charge in [0.2, 0.25) is 5.91 Å². The van der Waals surface area contributed by atoms with Crippen molar-refractivity contribution in [3.63, 3.8) is 0 Å². The monoisotopic (exact) mass is 418 g/mol. The van der Waals surface area contributed by atoms with Crippen LogP contribution in [0.3, 0.4) is 0 Å². The van der Waals surface area contributed by atoms with Crippen molar-refractivity contribution in [2.75, 3.05) is 25.3 Å². The first-order valence-electron chi connectivity index (χ1n) is 8.33. The number of aromatic nitrogens is 3. The number of thioether (sulfide) groups is 1. The van der Waals surface area contributed by atoms with Gasteiger partial charge in [-0.05, 0) is 25.1 Å². The number of ether oxygens (including phenoxy) is 2. The lowest BCUT2D eigenvalue weighted by molar-refractivity contribution is -0.113. The fourth-order valence-corrected chi connectivity index (χ4v) is 3.45. The van der Waals surface area contributed by atoms with Crippen LogP contribution in [-0.2, 0) is 4.79 Å². The van der Waals surface area contributed by atoms with Gasteiger partial charge in [-0.25, -0.2) is 0 Å². The number of rotatable bonds is 7. The Morgan fingerprint density at radius 2 is 1.89 bits per heavy atom. The zero-order chi connectivity index (χ0) is 20.1. The molecule has 0 aliphatic rings. The van der Waals surface area contributed by atoms with Crippen LogP contribution in [0.1, 0.15) is 5.56 Å². The molecule has 1 N–H and O–H groups in total. The lowest BCUT2D eigenvalue weighted by Gasteiger charge is -2.13. The number of aryl methyl sites for hydroxylation is 1. The number of halogens is 1. The first-order chi connectivity index (χ1) is 13.5. The molecular weight excluding hydrogens is 400 g/mol. The van der Waals surface area contributed by atoms with E-state index >= 15 is 0 Å². The van der Waals surface area contributed by atoms with Crippen molar-refractivity contribution in [2.45, 2.75) is 12.1 Å². The van der Waals surface area contributed by atoms with E-state index in [1.54, 1.807) is 18.5 Å². The first-order valence-corrected chi connectivity index (χ1v) is 9.69. The van der Waals surface area contributed by atoms with E-state index in [0.29, 0.717) is 27.4 Å². The third-order valence-corrected chi connectivity index (χ3v) is 5.15. The highest BCUT2D eigenvalue weighted by molar-refractivity contribution is 7.99. The van der Waals surface area contributed by atoms with Gasteiger partial charge in [0.15, 0.2) is 5.16 Å². The Kier molecular flexibility index (Phi) is 6.43. The second-order valence-corrected chi connectivity index (χ2v) is 7.19. The van der Waals surface area contributed by atoms with E-state index in [1.807, 2.05) is 35.8 Å². The number of methoxy groups -OCH3 is 2. The zero-order valence-corrected chi connectivity index (χ0v) is 17.2. The summed E-state index contributed by atoms with van der Waals surface area (Å²) in [6.45, 7) is 2.02. The van der Waals surface area contributed by atoms with Crippen LogP contribution in [0.2, 0.25) is 5.02 Å². The van der Waals surface area contributed by atoms with E-state index in [-0.39, 0.29) is 11.7 Å². The number of benzene rings is 2. The van der Waals surface area contributed by atoms with Crippen molar-refractivity contribution in [3.05, 3.63) is 53.3 Å². The average Bonchev–Trinajstić information content (AvgIpc) is 3.16. The Bertz CT molecular complexity index is 976. The molecule has 0 fully saturated rings. The van der Waals surface area contributed by atoms with Crippen LogP contribution in [0, 0.1) is 6.92 Å². The predicted octanol–water partition coefficient (Wildman–Crippen LogP) is 3.98. The molecule has 0 saturated heterocycles. The molecule has 0 unspecified atom stereocenters. The Morgan fingerprint density at radius 3 is 2.57 bits per heavy atom. The molecule has 2 aromatic carbocycles. The van der Waals surface area contributed by atoms with Gasteiger partial charge in [-0.1, -0.05) is 41.1 Å². The molecule has 0 atom stereocenters. The number of hydrogen-bond donors (Lipinski definition) is 1. The molecule has 0 aliphatic carbocycles. The van der Waals surface area contributed by atoms with Gasteiger partial charge in [0.25, 0.3) is 0 Å². The topological polar surface area (TPSA) is 78.3 Å². The molecule has 1 aromatic heterocycles. The average molecular weight is 419 g/mol. The summed E-state index contributed by atoms with van der Waals surface area (Å²) < 4.78 is 12.3. The third kappa shape index (κ3) is 4.58. The Balaban J connectivity index is 1.68. The smallest absolute Gasteiger partial charge is 0.234 e. The summed E-state index contributed by atoms with van der Waals surface area (Å²) in [6, 6.07) is 11.2. The lowest BCUT2D eigenvalue weighted by atomic mass is 10.2. The van der Waals surface area contributed by atoms with E-state index in [0.717, 1.165) is 11.3 Å². The maximum atomic E-state index is 12.4. The summed E-state index contributed by atoms with van der Waals surface area (Å²) in [7, 11) is 3.02. The molecule has 3 rings (SSSR count). The molecular formula is C19H19ClN4O3S. The van der Waals surface area contributed by atoms with Crippen LogP contribution < -0.4 is 14.8 Å². The second-order valence-electron chi connectivity index (χ2n) is 5.84. The molecule has 9 heteroatoms. The highest BCUT2D eigenvalue weighted by Crippen LogP contribution is 2.36. The van der Waals surface area contributed by atoms with Crippen molar-refractivity contribution in [2.24, 2.45) is 0 Å². The van der Waals surface area contributed by atoms with Crippen LogP contribution >= 0.6 is 23.4 Å². The predicted molar refractivity (Wildman–Crippen MR) is 110 cm³/mol. The molecule has 3 aromatic rings. The maximum absolute atomic E-state index is 12.4. The van der Waals surface area contributed by atoms with E-state index in [9.17, 15) is 4.79 Å². The number of carbonyl (C=O) groups is 1. The van der Waals surface area contributed by atoms with Crippen molar-refractivity contribution in [1.82, 2.24) is 14.8 Å². The standard InChI is InChI=1S/C19H19ClN4O3S/c1-12-4-6-13(7-5-12)24-11-21-23-19(24)28-10-18(25)22-15-8-14(20)16(26-2)9-17(15)27-3/h4-9,11H,10H2,1-3H3,(H,22,25). The first kappa shape index (κ1) is 20.0. The van der Waals surface area contributed by atoms with Crippen molar-refractivity contribution in [3.8, 4) is 17.2 Å². The van der Waals surface area contributed by atoms with E-state index < -0.39 is 0 Å². The zero-order valence-electron chi connectivity index (χ0n) is 15.6. The Labute approximate surface area is 172 Å². The Morgan fingerprint density at radius 1 is 1.18 bits per heavy atom.